The molecule has 0 radical (unpaired) electrons. The van der Waals surface area contributed by atoms with Crippen LogP contribution in [-0.2, 0) is 5.41 Å². The summed E-state index contributed by atoms with van der Waals surface area (Å²) in [6.07, 6.45) is 0. The van der Waals surface area contributed by atoms with E-state index in [1.165, 1.54) is 0 Å². The molecular formula is C13H15NO. The van der Waals surface area contributed by atoms with E-state index >= 15 is 0 Å². The van der Waals surface area contributed by atoms with Gasteiger partial charge in [-0.15, -0.1) is 0 Å². The van der Waals surface area contributed by atoms with Gasteiger partial charge in [0.1, 0.15) is 0 Å². The average Bonchev–Trinajstić information content (AvgIpc) is 2.17. The molecular weight excluding hydrogens is 186 g/mol. The zero-order chi connectivity index (χ0) is 11.6. The maximum Gasteiger partial charge on any atom is 0.159 e. The minimum Gasteiger partial charge on any atom is -0.295 e. The smallest absolute Gasteiger partial charge is 0.159 e. The van der Waals surface area contributed by atoms with E-state index in [9.17, 15) is 4.79 Å². The number of hydrogen-bond acceptors (Lipinski definition) is 2. The molecule has 0 saturated carbocycles. The van der Waals surface area contributed by atoms with Gasteiger partial charge >= 0.3 is 0 Å². The summed E-state index contributed by atoms with van der Waals surface area (Å²) in [5.74, 6) is 0.0550. The summed E-state index contributed by atoms with van der Waals surface area (Å²) in [4.78, 5) is 11.2. The lowest BCUT2D eigenvalue weighted by atomic mass is 9.83. The molecule has 0 saturated heterocycles. The first kappa shape index (κ1) is 11.5. The number of carbonyl (C=O) groups excluding carboxylic acids is 1. The van der Waals surface area contributed by atoms with Gasteiger partial charge in [0.15, 0.2) is 5.78 Å². The Bertz CT molecular complexity index is 438. The van der Waals surface area contributed by atoms with Crippen LogP contribution >= 0.6 is 0 Å². The zero-order valence-electron chi connectivity index (χ0n) is 9.59. The number of ketones is 1. The highest BCUT2D eigenvalue weighted by Crippen LogP contribution is 2.26. The zero-order valence-corrected chi connectivity index (χ0v) is 9.59. The van der Waals surface area contributed by atoms with Crippen LogP contribution in [0, 0.1) is 18.3 Å². The Morgan fingerprint density at radius 2 is 2.00 bits per heavy atom. The van der Waals surface area contributed by atoms with Gasteiger partial charge in [-0.25, -0.2) is 0 Å². The normalized spacial score (nSPS) is 10.9. The number of aryl methyl sites for hydroxylation is 1. The van der Waals surface area contributed by atoms with Crippen molar-refractivity contribution in [2.24, 2.45) is 0 Å². The number of hydrogen-bond donors (Lipinski definition) is 0. The first-order chi connectivity index (χ1) is 6.88. The Morgan fingerprint density at radius 1 is 1.40 bits per heavy atom. The average molecular weight is 201 g/mol. The molecule has 0 N–H and O–H groups in total. The number of benzene rings is 1. The molecule has 0 atom stereocenters. The van der Waals surface area contributed by atoms with Crippen molar-refractivity contribution in [1.82, 2.24) is 0 Å². The lowest BCUT2D eigenvalue weighted by molar-refractivity contribution is 0.101. The van der Waals surface area contributed by atoms with Crippen LogP contribution in [0.5, 0.6) is 0 Å². The first-order valence-corrected chi connectivity index (χ1v) is 4.92. The molecule has 2 nitrogen and oxygen atoms in total. The van der Waals surface area contributed by atoms with Gasteiger partial charge in [-0.05, 0) is 44.9 Å². The van der Waals surface area contributed by atoms with Crippen molar-refractivity contribution in [2.75, 3.05) is 0 Å². The molecule has 0 heterocycles. The van der Waals surface area contributed by atoms with E-state index in [1.807, 2.05) is 32.9 Å². The molecule has 0 aromatic heterocycles. The van der Waals surface area contributed by atoms with Crippen molar-refractivity contribution in [3.63, 3.8) is 0 Å². The Hall–Kier alpha value is -1.62. The third kappa shape index (κ3) is 2.24. The standard InChI is InChI=1S/C13H15NO/c1-9-7-11(10(2)15)5-6-12(9)13(3,4)8-14/h5-7H,1-4H3. The highest BCUT2D eigenvalue weighted by molar-refractivity contribution is 5.94. The predicted octanol–water partition coefficient (Wildman–Crippen LogP) is 3.00. The van der Waals surface area contributed by atoms with Gasteiger partial charge in [0, 0.05) is 5.56 Å². The summed E-state index contributed by atoms with van der Waals surface area (Å²) in [7, 11) is 0. The molecule has 15 heavy (non-hydrogen) atoms. The van der Waals surface area contributed by atoms with E-state index in [4.69, 9.17) is 5.26 Å². The Labute approximate surface area is 90.5 Å². The van der Waals surface area contributed by atoms with Crippen molar-refractivity contribution >= 4 is 5.78 Å². The molecule has 1 aromatic rings. The minimum atomic E-state index is -0.501. The topological polar surface area (TPSA) is 40.9 Å². The van der Waals surface area contributed by atoms with Crippen LogP contribution in [0.2, 0.25) is 0 Å². The van der Waals surface area contributed by atoms with Crippen molar-refractivity contribution in [2.45, 2.75) is 33.1 Å². The SMILES string of the molecule is CC(=O)c1ccc(C(C)(C)C#N)c(C)c1. The van der Waals surface area contributed by atoms with E-state index < -0.39 is 5.41 Å². The van der Waals surface area contributed by atoms with E-state index in [1.54, 1.807) is 13.0 Å². The molecule has 0 unspecified atom stereocenters. The molecule has 0 aliphatic rings. The largest absolute Gasteiger partial charge is 0.295 e. The number of rotatable bonds is 2. The predicted molar refractivity (Wildman–Crippen MR) is 59.8 cm³/mol. The van der Waals surface area contributed by atoms with E-state index in [0.717, 1.165) is 11.1 Å². The van der Waals surface area contributed by atoms with Crippen LogP contribution in [0.1, 0.15) is 42.3 Å². The van der Waals surface area contributed by atoms with Gasteiger partial charge in [-0.2, -0.15) is 5.26 Å². The number of Topliss-reactive ketones (excluding diaryl/α,β-unsaturated/α-hetero) is 1. The Morgan fingerprint density at radius 3 is 2.40 bits per heavy atom. The summed E-state index contributed by atoms with van der Waals surface area (Å²) in [6.45, 7) is 7.23. The van der Waals surface area contributed by atoms with Crippen LogP contribution in [0.4, 0.5) is 0 Å². The van der Waals surface area contributed by atoms with E-state index in [0.29, 0.717) is 5.56 Å². The molecule has 1 aromatic carbocycles. The second kappa shape index (κ2) is 3.86. The highest BCUT2D eigenvalue weighted by atomic mass is 16.1. The molecule has 0 aliphatic heterocycles. The summed E-state index contributed by atoms with van der Waals surface area (Å²) >= 11 is 0. The van der Waals surface area contributed by atoms with E-state index in [2.05, 4.69) is 6.07 Å². The third-order valence-electron chi connectivity index (χ3n) is 2.59. The maximum atomic E-state index is 11.2. The monoisotopic (exact) mass is 201 g/mol. The van der Waals surface area contributed by atoms with Gasteiger partial charge < -0.3 is 0 Å². The molecule has 0 aliphatic carbocycles. The van der Waals surface area contributed by atoms with Crippen LogP contribution in [0.25, 0.3) is 0 Å². The van der Waals surface area contributed by atoms with Gasteiger partial charge in [0.2, 0.25) is 0 Å². The van der Waals surface area contributed by atoms with Gasteiger partial charge in [-0.3, -0.25) is 4.79 Å². The highest BCUT2D eigenvalue weighted by Gasteiger charge is 2.21. The number of carbonyl (C=O) groups is 1. The van der Waals surface area contributed by atoms with Crippen LogP contribution in [-0.4, -0.2) is 5.78 Å². The van der Waals surface area contributed by atoms with Crippen molar-refractivity contribution in [3.8, 4) is 6.07 Å². The van der Waals surface area contributed by atoms with Gasteiger partial charge in [-0.1, -0.05) is 12.1 Å². The number of nitrogens with zero attached hydrogens (tertiary/aromatic N) is 1. The fourth-order valence-electron chi connectivity index (χ4n) is 1.64. The molecule has 2 heteroatoms. The summed E-state index contributed by atoms with van der Waals surface area (Å²) in [5, 5.41) is 9.03. The van der Waals surface area contributed by atoms with Crippen molar-refractivity contribution in [3.05, 3.63) is 34.9 Å². The Kier molecular flexibility index (Phi) is 2.95. The lowest BCUT2D eigenvalue weighted by Gasteiger charge is -2.18. The minimum absolute atomic E-state index is 0.0550. The van der Waals surface area contributed by atoms with Crippen molar-refractivity contribution in [1.29, 1.82) is 5.26 Å². The lowest BCUT2D eigenvalue weighted by Crippen LogP contribution is -2.15. The molecule has 0 fully saturated rings. The number of nitriles is 1. The second-order valence-electron chi connectivity index (χ2n) is 4.32. The van der Waals surface area contributed by atoms with Gasteiger partial charge in [0.25, 0.3) is 0 Å². The Balaban J connectivity index is 3.27. The molecule has 0 amide bonds. The molecule has 78 valence electrons. The van der Waals surface area contributed by atoms with Crippen LogP contribution in [0.3, 0.4) is 0 Å². The summed E-state index contributed by atoms with van der Waals surface area (Å²) in [5.41, 5.74) is 2.17. The summed E-state index contributed by atoms with van der Waals surface area (Å²) < 4.78 is 0. The first-order valence-electron chi connectivity index (χ1n) is 4.92. The maximum absolute atomic E-state index is 11.2. The molecule has 0 spiro atoms. The summed E-state index contributed by atoms with van der Waals surface area (Å²) in [6, 6.07) is 7.76. The van der Waals surface area contributed by atoms with Crippen LogP contribution < -0.4 is 0 Å². The third-order valence-corrected chi connectivity index (χ3v) is 2.59. The molecule has 0 bridgehead atoms. The second-order valence-corrected chi connectivity index (χ2v) is 4.32. The quantitative estimate of drug-likeness (QED) is 0.690. The fraction of sp³-hybridized carbons (Fsp3) is 0.385. The van der Waals surface area contributed by atoms with Crippen LogP contribution in [0.15, 0.2) is 18.2 Å². The van der Waals surface area contributed by atoms with Gasteiger partial charge in [0.05, 0.1) is 11.5 Å². The van der Waals surface area contributed by atoms with Crippen molar-refractivity contribution < 1.29 is 4.79 Å². The molecule has 1 rings (SSSR count). The van der Waals surface area contributed by atoms with E-state index in [-0.39, 0.29) is 5.78 Å². The fourth-order valence-corrected chi connectivity index (χ4v) is 1.64.